The number of benzene rings is 1. The van der Waals surface area contributed by atoms with Crippen molar-refractivity contribution < 1.29 is 0 Å². The molecule has 0 saturated carbocycles. The number of hydrogen-bond donors (Lipinski definition) is 1. The van der Waals surface area contributed by atoms with E-state index in [1.165, 1.54) is 31.5 Å². The van der Waals surface area contributed by atoms with E-state index >= 15 is 0 Å². The number of likely N-dealkylation sites (tertiary alicyclic amines) is 1. The van der Waals surface area contributed by atoms with Crippen molar-refractivity contribution in [2.75, 3.05) is 26.7 Å². The standard InChI is InChI=1S/C16H24Cl2N2/c1-12(13-6-9-20(2)10-7-13)19-8-5-14-3-4-15(17)11-16(14)18/h3-4,11-13,19H,5-10H2,1-2H3. The second-order valence-electron chi connectivity index (χ2n) is 5.87. The van der Waals surface area contributed by atoms with Crippen LogP contribution in [-0.2, 0) is 6.42 Å². The van der Waals surface area contributed by atoms with E-state index < -0.39 is 0 Å². The highest BCUT2D eigenvalue weighted by molar-refractivity contribution is 6.35. The lowest BCUT2D eigenvalue weighted by atomic mass is 9.90. The minimum atomic E-state index is 0.578. The average Bonchev–Trinajstić information content (AvgIpc) is 2.42. The van der Waals surface area contributed by atoms with Gasteiger partial charge in [-0.1, -0.05) is 29.3 Å². The summed E-state index contributed by atoms with van der Waals surface area (Å²) in [6.45, 7) is 5.72. The second kappa shape index (κ2) is 7.65. The number of halogens is 2. The van der Waals surface area contributed by atoms with Gasteiger partial charge in [0.05, 0.1) is 0 Å². The van der Waals surface area contributed by atoms with Gasteiger partial charge in [0.15, 0.2) is 0 Å². The summed E-state index contributed by atoms with van der Waals surface area (Å²) in [5.74, 6) is 0.798. The molecule has 1 aromatic rings. The molecule has 0 radical (unpaired) electrons. The maximum Gasteiger partial charge on any atom is 0.0453 e. The van der Waals surface area contributed by atoms with Crippen molar-refractivity contribution >= 4 is 23.2 Å². The molecule has 1 aliphatic rings. The molecule has 0 bridgehead atoms. The third kappa shape index (κ3) is 4.63. The second-order valence-corrected chi connectivity index (χ2v) is 6.71. The van der Waals surface area contributed by atoms with Crippen LogP contribution in [0, 0.1) is 5.92 Å². The lowest BCUT2D eigenvalue weighted by Gasteiger charge is -2.33. The molecule has 20 heavy (non-hydrogen) atoms. The number of rotatable bonds is 5. The first-order valence-electron chi connectivity index (χ1n) is 7.42. The third-order valence-corrected chi connectivity index (χ3v) is 4.93. The van der Waals surface area contributed by atoms with Crippen molar-refractivity contribution in [3.05, 3.63) is 33.8 Å². The molecule has 0 aromatic heterocycles. The van der Waals surface area contributed by atoms with E-state index in [1.54, 1.807) is 0 Å². The maximum atomic E-state index is 6.19. The van der Waals surface area contributed by atoms with E-state index in [1.807, 2.05) is 18.2 Å². The van der Waals surface area contributed by atoms with Crippen LogP contribution in [0.4, 0.5) is 0 Å². The van der Waals surface area contributed by atoms with Gasteiger partial charge >= 0.3 is 0 Å². The van der Waals surface area contributed by atoms with Crippen LogP contribution < -0.4 is 5.32 Å². The Balaban J connectivity index is 1.75. The highest BCUT2D eigenvalue weighted by atomic mass is 35.5. The van der Waals surface area contributed by atoms with Gasteiger partial charge in [0.1, 0.15) is 0 Å². The van der Waals surface area contributed by atoms with Crippen molar-refractivity contribution in [3.63, 3.8) is 0 Å². The lowest BCUT2D eigenvalue weighted by molar-refractivity contribution is 0.190. The van der Waals surface area contributed by atoms with E-state index in [4.69, 9.17) is 23.2 Å². The summed E-state index contributed by atoms with van der Waals surface area (Å²) < 4.78 is 0. The van der Waals surface area contributed by atoms with Crippen molar-refractivity contribution in [1.29, 1.82) is 0 Å². The molecule has 1 heterocycles. The molecule has 2 nitrogen and oxygen atoms in total. The van der Waals surface area contributed by atoms with Gasteiger partial charge in [-0.05, 0) is 76.5 Å². The summed E-state index contributed by atoms with van der Waals surface area (Å²) in [7, 11) is 2.21. The summed E-state index contributed by atoms with van der Waals surface area (Å²) in [5.41, 5.74) is 1.17. The topological polar surface area (TPSA) is 15.3 Å². The molecular formula is C16H24Cl2N2. The number of piperidine rings is 1. The summed E-state index contributed by atoms with van der Waals surface area (Å²) in [5, 5.41) is 5.12. The fraction of sp³-hybridized carbons (Fsp3) is 0.625. The first-order chi connectivity index (χ1) is 9.56. The molecule has 1 saturated heterocycles. The first-order valence-corrected chi connectivity index (χ1v) is 8.17. The van der Waals surface area contributed by atoms with Crippen LogP contribution in [0.25, 0.3) is 0 Å². The molecular weight excluding hydrogens is 291 g/mol. The summed E-state index contributed by atoms with van der Waals surface area (Å²) in [6.07, 6.45) is 3.55. The Bertz CT molecular complexity index is 428. The molecule has 1 atom stereocenters. The predicted octanol–water partition coefficient (Wildman–Crippen LogP) is 3.86. The van der Waals surface area contributed by atoms with Crippen LogP contribution in [0.1, 0.15) is 25.3 Å². The van der Waals surface area contributed by atoms with Gasteiger partial charge in [-0.2, -0.15) is 0 Å². The zero-order valence-corrected chi connectivity index (χ0v) is 13.8. The van der Waals surface area contributed by atoms with Gasteiger partial charge in [-0.25, -0.2) is 0 Å². The molecule has 0 amide bonds. The van der Waals surface area contributed by atoms with Crippen molar-refractivity contribution in [2.45, 2.75) is 32.2 Å². The molecule has 1 N–H and O–H groups in total. The van der Waals surface area contributed by atoms with Gasteiger partial charge in [0, 0.05) is 16.1 Å². The molecule has 4 heteroatoms. The van der Waals surface area contributed by atoms with Crippen LogP contribution in [0.3, 0.4) is 0 Å². The minimum absolute atomic E-state index is 0.578. The molecule has 1 unspecified atom stereocenters. The van der Waals surface area contributed by atoms with Crippen LogP contribution in [0.15, 0.2) is 18.2 Å². The number of hydrogen-bond acceptors (Lipinski definition) is 2. The van der Waals surface area contributed by atoms with E-state index in [9.17, 15) is 0 Å². The lowest BCUT2D eigenvalue weighted by Crippen LogP contribution is -2.41. The Hall–Kier alpha value is -0.280. The van der Waals surface area contributed by atoms with Crippen LogP contribution in [0.2, 0.25) is 10.0 Å². The number of nitrogens with one attached hydrogen (secondary N) is 1. The molecule has 2 rings (SSSR count). The monoisotopic (exact) mass is 314 g/mol. The normalized spacial score (nSPS) is 19.2. The molecule has 0 spiro atoms. The molecule has 0 aliphatic carbocycles. The molecule has 1 fully saturated rings. The Morgan fingerprint density at radius 1 is 1.30 bits per heavy atom. The Morgan fingerprint density at radius 2 is 2.00 bits per heavy atom. The van der Waals surface area contributed by atoms with Crippen LogP contribution in [0.5, 0.6) is 0 Å². The van der Waals surface area contributed by atoms with Crippen molar-refractivity contribution in [3.8, 4) is 0 Å². The SMILES string of the molecule is CC(NCCc1ccc(Cl)cc1Cl)C1CCN(C)CC1. The van der Waals surface area contributed by atoms with Gasteiger partial charge in [-0.3, -0.25) is 0 Å². The van der Waals surface area contributed by atoms with E-state index in [2.05, 4.69) is 24.2 Å². The van der Waals surface area contributed by atoms with E-state index in [0.29, 0.717) is 11.1 Å². The van der Waals surface area contributed by atoms with Gasteiger partial charge in [0.25, 0.3) is 0 Å². The van der Waals surface area contributed by atoms with E-state index in [-0.39, 0.29) is 0 Å². The van der Waals surface area contributed by atoms with E-state index in [0.717, 1.165) is 23.9 Å². The quantitative estimate of drug-likeness (QED) is 0.888. The zero-order chi connectivity index (χ0) is 14.5. The van der Waals surface area contributed by atoms with Gasteiger partial charge in [0.2, 0.25) is 0 Å². The maximum absolute atomic E-state index is 6.19. The molecule has 112 valence electrons. The smallest absolute Gasteiger partial charge is 0.0453 e. The first kappa shape index (κ1) is 16.1. The summed E-state index contributed by atoms with van der Waals surface area (Å²) >= 11 is 12.1. The highest BCUT2D eigenvalue weighted by Gasteiger charge is 2.21. The summed E-state index contributed by atoms with van der Waals surface area (Å²) in [4.78, 5) is 2.41. The predicted molar refractivity (Wildman–Crippen MR) is 87.9 cm³/mol. The average molecular weight is 315 g/mol. The molecule has 1 aliphatic heterocycles. The fourth-order valence-corrected chi connectivity index (χ4v) is 3.36. The Morgan fingerprint density at radius 3 is 2.65 bits per heavy atom. The Labute approximate surface area is 132 Å². The van der Waals surface area contributed by atoms with Crippen molar-refractivity contribution in [1.82, 2.24) is 10.2 Å². The fourth-order valence-electron chi connectivity index (χ4n) is 2.85. The van der Waals surface area contributed by atoms with Gasteiger partial charge in [-0.15, -0.1) is 0 Å². The van der Waals surface area contributed by atoms with Crippen LogP contribution >= 0.6 is 23.2 Å². The minimum Gasteiger partial charge on any atom is -0.314 e. The Kier molecular flexibility index (Phi) is 6.16. The molecule has 1 aromatic carbocycles. The largest absolute Gasteiger partial charge is 0.314 e. The van der Waals surface area contributed by atoms with Crippen LogP contribution in [-0.4, -0.2) is 37.6 Å². The third-order valence-electron chi connectivity index (χ3n) is 4.35. The number of nitrogens with zero attached hydrogens (tertiary/aromatic N) is 1. The highest BCUT2D eigenvalue weighted by Crippen LogP contribution is 2.22. The summed E-state index contributed by atoms with van der Waals surface area (Å²) in [6, 6.07) is 6.32. The zero-order valence-electron chi connectivity index (χ0n) is 12.3. The van der Waals surface area contributed by atoms with Gasteiger partial charge < -0.3 is 10.2 Å². The van der Waals surface area contributed by atoms with Crippen molar-refractivity contribution in [2.24, 2.45) is 5.92 Å².